The van der Waals surface area contributed by atoms with Gasteiger partial charge in [-0.25, -0.2) is 4.39 Å². The van der Waals surface area contributed by atoms with Gasteiger partial charge in [-0.3, -0.25) is 4.90 Å². The molecule has 2 unspecified atom stereocenters. The van der Waals surface area contributed by atoms with Crippen molar-refractivity contribution in [3.63, 3.8) is 0 Å². The zero-order chi connectivity index (χ0) is 13.8. The van der Waals surface area contributed by atoms with E-state index in [9.17, 15) is 4.39 Å². The first-order valence-corrected chi connectivity index (χ1v) is 8.08. The molecule has 1 saturated heterocycles. The predicted molar refractivity (Wildman–Crippen MR) is 81.3 cm³/mol. The maximum absolute atomic E-state index is 13.5. The van der Waals surface area contributed by atoms with Crippen LogP contribution in [0.5, 0.6) is 0 Å². The summed E-state index contributed by atoms with van der Waals surface area (Å²) in [6.45, 7) is 4.70. The lowest BCUT2D eigenvalue weighted by Crippen LogP contribution is -2.42. The van der Waals surface area contributed by atoms with Crippen molar-refractivity contribution in [2.45, 2.75) is 24.6 Å². The zero-order valence-electron chi connectivity index (χ0n) is 11.1. The minimum absolute atomic E-state index is 0.0585. The molecule has 0 amide bonds. The second kappa shape index (κ2) is 6.93. The van der Waals surface area contributed by atoms with Crippen LogP contribution in [-0.2, 0) is 0 Å². The highest BCUT2D eigenvalue weighted by molar-refractivity contribution is 8.00. The van der Waals surface area contributed by atoms with Crippen molar-refractivity contribution >= 4 is 23.4 Å². The average molecular weight is 303 g/mol. The van der Waals surface area contributed by atoms with E-state index in [1.807, 2.05) is 17.8 Å². The van der Waals surface area contributed by atoms with Gasteiger partial charge >= 0.3 is 0 Å². The SMILES string of the molecule is CCC1CN(C(CN)c2cc(F)cc(Cl)c2)CCS1. The lowest BCUT2D eigenvalue weighted by Gasteiger charge is -2.37. The van der Waals surface area contributed by atoms with E-state index < -0.39 is 0 Å². The van der Waals surface area contributed by atoms with E-state index >= 15 is 0 Å². The Morgan fingerprint density at radius 3 is 2.95 bits per heavy atom. The van der Waals surface area contributed by atoms with Gasteiger partial charge in [0.15, 0.2) is 0 Å². The van der Waals surface area contributed by atoms with E-state index in [2.05, 4.69) is 11.8 Å². The Hall–Kier alpha value is -0.290. The van der Waals surface area contributed by atoms with Gasteiger partial charge in [-0.2, -0.15) is 11.8 Å². The summed E-state index contributed by atoms with van der Waals surface area (Å²) >= 11 is 7.96. The van der Waals surface area contributed by atoms with Gasteiger partial charge in [0.1, 0.15) is 5.82 Å². The Balaban J connectivity index is 2.18. The van der Waals surface area contributed by atoms with Crippen molar-refractivity contribution < 1.29 is 4.39 Å². The second-order valence-corrected chi connectivity index (χ2v) is 6.69. The number of nitrogens with two attached hydrogens (primary N) is 1. The van der Waals surface area contributed by atoms with Crippen LogP contribution in [-0.4, -0.2) is 35.5 Å². The molecule has 0 radical (unpaired) electrons. The first-order chi connectivity index (χ1) is 9.13. The highest BCUT2D eigenvalue weighted by atomic mass is 35.5. The fraction of sp³-hybridized carbons (Fsp3) is 0.571. The molecular weight excluding hydrogens is 283 g/mol. The number of hydrogen-bond acceptors (Lipinski definition) is 3. The Bertz CT molecular complexity index is 410. The quantitative estimate of drug-likeness (QED) is 0.925. The lowest BCUT2D eigenvalue weighted by molar-refractivity contribution is 0.207. The summed E-state index contributed by atoms with van der Waals surface area (Å²) in [6, 6.07) is 4.76. The maximum Gasteiger partial charge on any atom is 0.125 e. The van der Waals surface area contributed by atoms with Gasteiger partial charge in [-0.15, -0.1) is 0 Å². The normalized spacial score (nSPS) is 22.4. The first kappa shape index (κ1) is 15.1. The Labute approximate surface area is 123 Å². The molecule has 0 aliphatic carbocycles. The third kappa shape index (κ3) is 3.85. The molecule has 2 atom stereocenters. The zero-order valence-corrected chi connectivity index (χ0v) is 12.7. The number of halogens is 2. The molecule has 1 aromatic rings. The molecule has 1 aliphatic rings. The van der Waals surface area contributed by atoms with Crippen LogP contribution in [0.3, 0.4) is 0 Å². The van der Waals surface area contributed by atoms with Gasteiger partial charge in [0.2, 0.25) is 0 Å². The smallest absolute Gasteiger partial charge is 0.125 e. The third-order valence-corrected chi connectivity index (χ3v) is 5.15. The van der Waals surface area contributed by atoms with Gasteiger partial charge in [0.25, 0.3) is 0 Å². The molecule has 0 aromatic heterocycles. The van der Waals surface area contributed by atoms with Gasteiger partial charge < -0.3 is 5.73 Å². The number of nitrogens with zero attached hydrogens (tertiary/aromatic N) is 1. The predicted octanol–water partition coefficient (Wildman–Crippen LogP) is 3.31. The van der Waals surface area contributed by atoms with E-state index in [4.69, 9.17) is 17.3 Å². The fourth-order valence-electron chi connectivity index (χ4n) is 2.54. The van der Waals surface area contributed by atoms with Crippen LogP contribution in [0.1, 0.15) is 24.9 Å². The third-order valence-electron chi connectivity index (χ3n) is 3.56. The van der Waals surface area contributed by atoms with E-state index in [0.717, 1.165) is 30.8 Å². The summed E-state index contributed by atoms with van der Waals surface area (Å²) in [4.78, 5) is 2.36. The second-order valence-electron chi connectivity index (χ2n) is 4.85. The molecule has 2 rings (SSSR count). The summed E-state index contributed by atoms with van der Waals surface area (Å²) in [7, 11) is 0. The summed E-state index contributed by atoms with van der Waals surface area (Å²) < 4.78 is 13.5. The van der Waals surface area contributed by atoms with Gasteiger partial charge in [-0.1, -0.05) is 18.5 Å². The molecule has 5 heteroatoms. The van der Waals surface area contributed by atoms with Crippen molar-refractivity contribution in [3.05, 3.63) is 34.6 Å². The molecular formula is C14H20ClFN2S. The van der Waals surface area contributed by atoms with Crippen molar-refractivity contribution in [1.29, 1.82) is 0 Å². The van der Waals surface area contributed by atoms with Gasteiger partial charge in [-0.05, 0) is 30.2 Å². The van der Waals surface area contributed by atoms with Gasteiger partial charge in [0.05, 0.1) is 0 Å². The summed E-state index contributed by atoms with van der Waals surface area (Å²) in [5.41, 5.74) is 6.79. The van der Waals surface area contributed by atoms with Crippen LogP contribution in [0.4, 0.5) is 4.39 Å². The average Bonchev–Trinajstić information content (AvgIpc) is 2.39. The summed E-state index contributed by atoms with van der Waals surface area (Å²) in [6.07, 6.45) is 1.16. The topological polar surface area (TPSA) is 29.3 Å². The minimum Gasteiger partial charge on any atom is -0.329 e. The van der Waals surface area contributed by atoms with Gasteiger partial charge in [0, 0.05) is 41.7 Å². The first-order valence-electron chi connectivity index (χ1n) is 6.65. The summed E-state index contributed by atoms with van der Waals surface area (Å²) in [5.74, 6) is 0.817. The Kier molecular flexibility index (Phi) is 5.51. The highest BCUT2D eigenvalue weighted by Crippen LogP contribution is 2.29. The van der Waals surface area contributed by atoms with Crippen LogP contribution in [0.25, 0.3) is 0 Å². The number of rotatable bonds is 4. The standard InChI is InChI=1S/C14H20ClFN2S/c1-2-13-9-18(3-4-19-13)14(8-17)10-5-11(15)7-12(16)6-10/h5-7,13-14H,2-4,8-9,17H2,1H3. The molecule has 1 aromatic carbocycles. The molecule has 2 nitrogen and oxygen atoms in total. The van der Waals surface area contributed by atoms with Crippen LogP contribution in [0.15, 0.2) is 18.2 Å². The Morgan fingerprint density at radius 2 is 2.32 bits per heavy atom. The molecule has 2 N–H and O–H groups in total. The minimum atomic E-state index is -0.292. The monoisotopic (exact) mass is 302 g/mol. The molecule has 0 spiro atoms. The van der Waals surface area contributed by atoms with Crippen molar-refractivity contribution in [1.82, 2.24) is 4.90 Å². The maximum atomic E-state index is 13.5. The van der Waals surface area contributed by atoms with Crippen molar-refractivity contribution in [2.75, 3.05) is 25.4 Å². The largest absolute Gasteiger partial charge is 0.329 e. The van der Waals surface area contributed by atoms with Crippen molar-refractivity contribution in [3.8, 4) is 0 Å². The van der Waals surface area contributed by atoms with Crippen LogP contribution < -0.4 is 5.73 Å². The van der Waals surface area contributed by atoms with E-state index in [1.165, 1.54) is 6.07 Å². The number of thioether (sulfide) groups is 1. The molecule has 106 valence electrons. The molecule has 0 bridgehead atoms. The number of hydrogen-bond donors (Lipinski definition) is 1. The van der Waals surface area contributed by atoms with Crippen LogP contribution >= 0.6 is 23.4 Å². The van der Waals surface area contributed by atoms with E-state index in [-0.39, 0.29) is 11.9 Å². The fourth-order valence-corrected chi connectivity index (χ4v) is 3.97. The molecule has 19 heavy (non-hydrogen) atoms. The van der Waals surface area contributed by atoms with Crippen LogP contribution in [0.2, 0.25) is 5.02 Å². The lowest BCUT2D eigenvalue weighted by atomic mass is 10.0. The molecule has 1 aliphatic heterocycles. The molecule has 1 fully saturated rings. The van der Waals surface area contributed by atoms with Crippen LogP contribution in [0, 0.1) is 5.82 Å². The number of benzene rings is 1. The summed E-state index contributed by atoms with van der Waals surface area (Å²) in [5, 5.41) is 1.08. The molecule has 1 heterocycles. The highest BCUT2D eigenvalue weighted by Gasteiger charge is 2.26. The van der Waals surface area contributed by atoms with E-state index in [1.54, 1.807) is 6.07 Å². The molecule has 0 saturated carbocycles. The van der Waals surface area contributed by atoms with Crippen molar-refractivity contribution in [2.24, 2.45) is 5.73 Å². The van der Waals surface area contributed by atoms with E-state index in [0.29, 0.717) is 16.8 Å². The Morgan fingerprint density at radius 1 is 1.53 bits per heavy atom.